The van der Waals surface area contributed by atoms with E-state index in [4.69, 9.17) is 11.6 Å². The second kappa shape index (κ2) is 14.7. The third-order valence-corrected chi connectivity index (χ3v) is 10.00. The summed E-state index contributed by atoms with van der Waals surface area (Å²) in [4.78, 5) is 29.8. The van der Waals surface area contributed by atoms with Crippen LogP contribution in [0.5, 0.6) is 0 Å². The molecule has 7 nitrogen and oxygen atoms in total. The van der Waals surface area contributed by atoms with E-state index in [1.54, 1.807) is 42.5 Å². The molecule has 234 valence electrons. The molecule has 1 aliphatic carbocycles. The minimum Gasteiger partial charge on any atom is -0.352 e. The summed E-state index contributed by atoms with van der Waals surface area (Å²) in [6.07, 6.45) is 3.92. The van der Waals surface area contributed by atoms with Crippen molar-refractivity contribution in [1.29, 1.82) is 0 Å². The molecule has 2 amide bonds. The summed E-state index contributed by atoms with van der Waals surface area (Å²) < 4.78 is 43.9. The molecule has 1 N–H and O–H groups in total. The summed E-state index contributed by atoms with van der Waals surface area (Å²) in [6, 6.07) is 28.3. The van der Waals surface area contributed by atoms with Crippen LogP contribution in [0.3, 0.4) is 0 Å². The Labute approximate surface area is 268 Å². The normalized spacial score (nSPS) is 14.1. The Morgan fingerprint density at radius 2 is 1.42 bits per heavy atom. The average Bonchev–Trinajstić information content (AvgIpc) is 3.56. The van der Waals surface area contributed by atoms with E-state index in [1.807, 2.05) is 30.3 Å². The lowest BCUT2D eigenvalue weighted by Gasteiger charge is -2.34. The number of nitrogens with one attached hydrogen (secondary N) is 1. The SMILES string of the molecule is O=C(NC1CCCC1)[C@@H](Cc1ccccc1)N(Cc1ccc(Cl)cc1)C(=O)CN(c1ccccc1F)S(=O)(=O)c1ccccc1. The molecule has 0 aromatic heterocycles. The molecular formula is C35H35ClFN3O4S. The summed E-state index contributed by atoms with van der Waals surface area (Å²) in [7, 11) is -4.38. The van der Waals surface area contributed by atoms with Gasteiger partial charge in [-0.25, -0.2) is 12.8 Å². The Kier molecular flexibility index (Phi) is 10.5. The van der Waals surface area contributed by atoms with Crippen LogP contribution in [-0.2, 0) is 32.6 Å². The van der Waals surface area contributed by atoms with Gasteiger partial charge in [-0.2, -0.15) is 0 Å². The number of halogens is 2. The lowest BCUT2D eigenvalue weighted by Crippen LogP contribution is -2.54. The monoisotopic (exact) mass is 647 g/mol. The van der Waals surface area contributed by atoms with E-state index in [-0.39, 0.29) is 35.5 Å². The average molecular weight is 648 g/mol. The van der Waals surface area contributed by atoms with Crippen LogP contribution in [0.1, 0.15) is 36.8 Å². The maximum absolute atomic E-state index is 15.2. The Balaban J connectivity index is 1.56. The Morgan fingerprint density at radius 1 is 0.822 bits per heavy atom. The van der Waals surface area contributed by atoms with Gasteiger partial charge in [0.1, 0.15) is 18.4 Å². The van der Waals surface area contributed by atoms with Crippen LogP contribution in [0.25, 0.3) is 0 Å². The molecule has 45 heavy (non-hydrogen) atoms. The molecule has 1 saturated carbocycles. The Morgan fingerprint density at radius 3 is 2.07 bits per heavy atom. The van der Waals surface area contributed by atoms with Gasteiger partial charge in [0.2, 0.25) is 11.8 Å². The Hall–Kier alpha value is -4.21. The van der Waals surface area contributed by atoms with Gasteiger partial charge in [0.25, 0.3) is 10.0 Å². The fourth-order valence-corrected chi connectivity index (χ4v) is 7.16. The number of anilines is 1. The summed E-state index contributed by atoms with van der Waals surface area (Å²) in [6.45, 7) is -0.726. The number of rotatable bonds is 12. The molecule has 0 bridgehead atoms. The molecule has 1 aliphatic rings. The first kappa shape index (κ1) is 32.2. The van der Waals surface area contributed by atoms with Crippen LogP contribution in [0, 0.1) is 5.82 Å². The molecule has 0 spiro atoms. The van der Waals surface area contributed by atoms with Crippen molar-refractivity contribution in [3.63, 3.8) is 0 Å². The summed E-state index contributed by atoms with van der Waals surface area (Å²) in [5, 5.41) is 3.64. The van der Waals surface area contributed by atoms with Crippen molar-refractivity contribution < 1.29 is 22.4 Å². The number of hydrogen-bond acceptors (Lipinski definition) is 4. The number of carbonyl (C=O) groups excluding carboxylic acids is 2. The van der Waals surface area contributed by atoms with Gasteiger partial charge in [0.05, 0.1) is 10.6 Å². The highest BCUT2D eigenvalue weighted by Crippen LogP contribution is 2.27. The van der Waals surface area contributed by atoms with Crippen LogP contribution in [0.4, 0.5) is 10.1 Å². The minimum atomic E-state index is -4.38. The standard InChI is InChI=1S/C35H35ClFN3O4S/c36-28-21-19-27(20-22-28)24-39(33(23-26-11-3-1-4-12-26)35(42)38-29-13-7-8-14-29)34(41)25-40(32-18-10-9-17-31(32)37)45(43,44)30-15-5-2-6-16-30/h1-6,9-12,15-22,29,33H,7-8,13-14,23-25H2,(H,38,42)/t33-/m1/s1. The number of sulfonamides is 1. The zero-order valence-electron chi connectivity index (χ0n) is 24.7. The summed E-state index contributed by atoms with van der Waals surface area (Å²) >= 11 is 6.13. The zero-order valence-corrected chi connectivity index (χ0v) is 26.3. The van der Waals surface area contributed by atoms with E-state index in [1.165, 1.54) is 35.2 Å². The lowest BCUT2D eigenvalue weighted by atomic mass is 10.0. The number of hydrogen-bond donors (Lipinski definition) is 1. The molecule has 0 unspecified atom stereocenters. The molecule has 0 saturated heterocycles. The highest BCUT2D eigenvalue weighted by atomic mass is 35.5. The van der Waals surface area contributed by atoms with Gasteiger partial charge in [-0.1, -0.05) is 97.2 Å². The maximum Gasteiger partial charge on any atom is 0.264 e. The first-order valence-corrected chi connectivity index (χ1v) is 16.7. The fraction of sp³-hybridized carbons (Fsp3) is 0.257. The van der Waals surface area contributed by atoms with Crippen LogP contribution in [-0.4, -0.2) is 43.8 Å². The van der Waals surface area contributed by atoms with Gasteiger partial charge >= 0.3 is 0 Å². The Bertz CT molecular complexity index is 1700. The summed E-state index contributed by atoms with van der Waals surface area (Å²) in [5.74, 6) is -1.78. The number of nitrogens with zero attached hydrogens (tertiary/aromatic N) is 2. The molecule has 4 aromatic rings. The molecule has 1 atom stereocenters. The number of benzene rings is 4. The van der Waals surface area contributed by atoms with Crippen LogP contribution in [0.2, 0.25) is 5.02 Å². The minimum absolute atomic E-state index is 0.00207. The van der Waals surface area contributed by atoms with E-state index < -0.39 is 34.3 Å². The van der Waals surface area contributed by atoms with Gasteiger partial charge in [-0.15, -0.1) is 0 Å². The quantitative estimate of drug-likeness (QED) is 0.194. The first-order chi connectivity index (χ1) is 21.7. The van der Waals surface area contributed by atoms with Gasteiger partial charge in [0.15, 0.2) is 0 Å². The number of para-hydroxylation sites is 1. The van der Waals surface area contributed by atoms with Crippen molar-refractivity contribution in [3.8, 4) is 0 Å². The van der Waals surface area contributed by atoms with Crippen molar-refractivity contribution in [2.75, 3.05) is 10.8 Å². The van der Waals surface area contributed by atoms with Crippen molar-refractivity contribution in [1.82, 2.24) is 10.2 Å². The van der Waals surface area contributed by atoms with Crippen LogP contribution < -0.4 is 9.62 Å². The molecule has 0 aliphatic heterocycles. The molecular weight excluding hydrogens is 613 g/mol. The predicted molar refractivity (Wildman–Crippen MR) is 174 cm³/mol. The molecule has 10 heteroatoms. The third kappa shape index (κ3) is 8.09. The van der Waals surface area contributed by atoms with E-state index in [2.05, 4.69) is 5.32 Å². The highest BCUT2D eigenvalue weighted by Gasteiger charge is 2.36. The smallest absolute Gasteiger partial charge is 0.264 e. The molecule has 0 heterocycles. The molecule has 1 fully saturated rings. The summed E-state index contributed by atoms with van der Waals surface area (Å²) in [5.41, 5.74) is 1.26. The lowest BCUT2D eigenvalue weighted by molar-refractivity contribution is -0.140. The van der Waals surface area contributed by atoms with E-state index in [0.717, 1.165) is 41.6 Å². The number of amides is 2. The van der Waals surface area contributed by atoms with E-state index in [9.17, 15) is 18.0 Å². The molecule has 0 radical (unpaired) electrons. The van der Waals surface area contributed by atoms with Crippen LogP contribution in [0.15, 0.2) is 114 Å². The fourth-order valence-electron chi connectivity index (χ4n) is 5.60. The van der Waals surface area contributed by atoms with E-state index in [0.29, 0.717) is 10.6 Å². The highest BCUT2D eigenvalue weighted by molar-refractivity contribution is 7.92. The first-order valence-electron chi connectivity index (χ1n) is 14.9. The largest absolute Gasteiger partial charge is 0.352 e. The van der Waals surface area contributed by atoms with Gasteiger partial charge in [0, 0.05) is 24.0 Å². The van der Waals surface area contributed by atoms with Crippen molar-refractivity contribution in [2.45, 2.75) is 55.6 Å². The molecule has 4 aromatic carbocycles. The van der Waals surface area contributed by atoms with Crippen molar-refractivity contribution >= 4 is 39.1 Å². The van der Waals surface area contributed by atoms with E-state index >= 15 is 4.39 Å². The number of carbonyl (C=O) groups is 2. The van der Waals surface area contributed by atoms with Gasteiger partial charge in [-0.3, -0.25) is 13.9 Å². The third-order valence-electron chi connectivity index (χ3n) is 7.97. The van der Waals surface area contributed by atoms with Gasteiger partial charge in [-0.05, 0) is 60.4 Å². The van der Waals surface area contributed by atoms with Crippen molar-refractivity contribution in [2.24, 2.45) is 0 Å². The topological polar surface area (TPSA) is 86.8 Å². The van der Waals surface area contributed by atoms with Gasteiger partial charge < -0.3 is 10.2 Å². The van der Waals surface area contributed by atoms with Crippen molar-refractivity contribution in [3.05, 3.63) is 131 Å². The van der Waals surface area contributed by atoms with Crippen LogP contribution >= 0.6 is 11.6 Å². The second-order valence-electron chi connectivity index (χ2n) is 11.1. The second-order valence-corrected chi connectivity index (χ2v) is 13.4. The molecule has 5 rings (SSSR count). The zero-order chi connectivity index (χ0) is 31.8. The predicted octanol–water partition coefficient (Wildman–Crippen LogP) is 6.37. The maximum atomic E-state index is 15.2.